The third-order valence-corrected chi connectivity index (χ3v) is 4.31. The highest BCUT2D eigenvalue weighted by atomic mass is 14.5. The molecular formula is C16H33N. The summed E-state index contributed by atoms with van der Waals surface area (Å²) in [5.74, 6) is 0.820. The lowest BCUT2D eigenvalue weighted by atomic mass is 9.94. The van der Waals surface area contributed by atoms with Gasteiger partial charge in [0.15, 0.2) is 0 Å². The summed E-state index contributed by atoms with van der Waals surface area (Å²) >= 11 is 0. The number of rotatable bonds is 1. The minimum Gasteiger partial charge on any atom is -0.330 e. The van der Waals surface area contributed by atoms with Crippen LogP contribution in [0.15, 0.2) is 0 Å². The highest BCUT2D eigenvalue weighted by Gasteiger charge is 2.06. The van der Waals surface area contributed by atoms with Crippen LogP contribution in [0, 0.1) is 5.92 Å². The van der Waals surface area contributed by atoms with E-state index in [0.717, 1.165) is 12.5 Å². The zero-order valence-electron chi connectivity index (χ0n) is 11.8. The van der Waals surface area contributed by atoms with Crippen LogP contribution in [-0.4, -0.2) is 6.54 Å². The van der Waals surface area contributed by atoms with Crippen molar-refractivity contribution in [3.05, 3.63) is 0 Å². The Hall–Kier alpha value is -0.0400. The molecule has 1 aliphatic carbocycles. The molecular weight excluding hydrogens is 206 g/mol. The first kappa shape index (κ1) is 15.0. The van der Waals surface area contributed by atoms with Crippen molar-refractivity contribution in [2.45, 2.75) is 89.9 Å². The lowest BCUT2D eigenvalue weighted by Crippen LogP contribution is -2.14. The minimum atomic E-state index is 0.820. The molecule has 1 heteroatoms. The molecule has 0 aromatic carbocycles. The Morgan fingerprint density at radius 3 is 1.12 bits per heavy atom. The van der Waals surface area contributed by atoms with Gasteiger partial charge in [-0.25, -0.2) is 0 Å². The van der Waals surface area contributed by atoms with E-state index in [-0.39, 0.29) is 0 Å². The average molecular weight is 239 g/mol. The van der Waals surface area contributed by atoms with E-state index in [4.69, 9.17) is 5.73 Å². The summed E-state index contributed by atoms with van der Waals surface area (Å²) in [6, 6.07) is 0. The van der Waals surface area contributed by atoms with Gasteiger partial charge in [0, 0.05) is 0 Å². The van der Waals surface area contributed by atoms with Gasteiger partial charge in [-0.05, 0) is 25.3 Å². The summed E-state index contributed by atoms with van der Waals surface area (Å²) < 4.78 is 0. The smallest absolute Gasteiger partial charge is 0.00489 e. The Morgan fingerprint density at radius 2 is 0.824 bits per heavy atom. The zero-order valence-corrected chi connectivity index (χ0v) is 11.8. The van der Waals surface area contributed by atoms with Crippen LogP contribution in [-0.2, 0) is 0 Å². The van der Waals surface area contributed by atoms with Crippen molar-refractivity contribution in [3.8, 4) is 0 Å². The normalized spacial score (nSPS) is 23.8. The Morgan fingerprint density at radius 1 is 0.529 bits per heavy atom. The van der Waals surface area contributed by atoms with Crippen LogP contribution >= 0.6 is 0 Å². The van der Waals surface area contributed by atoms with Gasteiger partial charge < -0.3 is 5.73 Å². The van der Waals surface area contributed by atoms with E-state index in [2.05, 4.69) is 0 Å². The van der Waals surface area contributed by atoms with Gasteiger partial charge in [-0.3, -0.25) is 0 Å². The lowest BCUT2D eigenvalue weighted by Gasteiger charge is -2.14. The minimum absolute atomic E-state index is 0.820. The third-order valence-electron chi connectivity index (χ3n) is 4.31. The highest BCUT2D eigenvalue weighted by Crippen LogP contribution is 2.19. The van der Waals surface area contributed by atoms with Crippen LogP contribution in [0.4, 0.5) is 0 Å². The first-order valence-corrected chi connectivity index (χ1v) is 8.13. The summed E-state index contributed by atoms with van der Waals surface area (Å²) in [5.41, 5.74) is 5.86. The van der Waals surface area contributed by atoms with Gasteiger partial charge in [-0.15, -0.1) is 0 Å². The second-order valence-corrected chi connectivity index (χ2v) is 5.92. The van der Waals surface area contributed by atoms with Crippen LogP contribution < -0.4 is 5.73 Å². The standard InChI is InChI=1S/C16H33N/c17-15-16-13-11-9-7-5-3-1-2-4-6-8-10-12-14-16/h16H,1-15,17H2. The van der Waals surface area contributed by atoms with E-state index in [1.165, 1.54) is 89.9 Å². The van der Waals surface area contributed by atoms with Crippen LogP contribution in [0.5, 0.6) is 0 Å². The number of hydrogen-bond donors (Lipinski definition) is 1. The van der Waals surface area contributed by atoms with Crippen LogP contribution in [0.25, 0.3) is 0 Å². The summed E-state index contributed by atoms with van der Waals surface area (Å²) in [7, 11) is 0. The van der Waals surface area contributed by atoms with Gasteiger partial charge in [0.2, 0.25) is 0 Å². The van der Waals surface area contributed by atoms with Crippen molar-refractivity contribution < 1.29 is 0 Å². The fraction of sp³-hybridized carbons (Fsp3) is 1.00. The van der Waals surface area contributed by atoms with Crippen molar-refractivity contribution in [2.24, 2.45) is 11.7 Å². The zero-order chi connectivity index (χ0) is 12.2. The highest BCUT2D eigenvalue weighted by molar-refractivity contribution is 4.61. The topological polar surface area (TPSA) is 26.0 Å². The van der Waals surface area contributed by atoms with E-state index in [9.17, 15) is 0 Å². The van der Waals surface area contributed by atoms with Crippen molar-refractivity contribution in [3.63, 3.8) is 0 Å². The maximum atomic E-state index is 5.86. The molecule has 0 bridgehead atoms. The molecule has 0 radical (unpaired) electrons. The Bertz CT molecular complexity index is 140. The maximum Gasteiger partial charge on any atom is -0.00489 e. The molecule has 1 nitrogen and oxygen atoms in total. The Labute approximate surface area is 109 Å². The molecule has 1 saturated carbocycles. The van der Waals surface area contributed by atoms with Gasteiger partial charge in [0.25, 0.3) is 0 Å². The molecule has 0 unspecified atom stereocenters. The van der Waals surface area contributed by atoms with Crippen molar-refractivity contribution in [1.82, 2.24) is 0 Å². The van der Waals surface area contributed by atoms with Crippen molar-refractivity contribution in [2.75, 3.05) is 6.54 Å². The SMILES string of the molecule is NCC1CCCCCCCCCCCCCC1. The molecule has 0 saturated heterocycles. The molecule has 0 atom stereocenters. The third kappa shape index (κ3) is 8.65. The van der Waals surface area contributed by atoms with Crippen LogP contribution in [0.2, 0.25) is 0 Å². The van der Waals surface area contributed by atoms with Crippen LogP contribution in [0.1, 0.15) is 89.9 Å². The van der Waals surface area contributed by atoms with E-state index >= 15 is 0 Å². The van der Waals surface area contributed by atoms with Crippen molar-refractivity contribution >= 4 is 0 Å². The van der Waals surface area contributed by atoms with E-state index in [1.54, 1.807) is 0 Å². The predicted octanol–water partition coefficient (Wildman–Crippen LogP) is 5.04. The van der Waals surface area contributed by atoms with E-state index < -0.39 is 0 Å². The average Bonchev–Trinajstić information content (AvgIpc) is 2.36. The fourth-order valence-corrected chi connectivity index (χ4v) is 3.01. The second-order valence-electron chi connectivity index (χ2n) is 5.92. The first-order chi connectivity index (χ1) is 8.43. The molecule has 0 aromatic heterocycles. The molecule has 0 heterocycles. The predicted molar refractivity (Wildman–Crippen MR) is 77.2 cm³/mol. The maximum absolute atomic E-state index is 5.86. The molecule has 0 aromatic rings. The summed E-state index contributed by atoms with van der Waals surface area (Å²) in [4.78, 5) is 0. The number of hydrogen-bond acceptors (Lipinski definition) is 1. The van der Waals surface area contributed by atoms with Gasteiger partial charge in [-0.2, -0.15) is 0 Å². The molecule has 0 aliphatic heterocycles. The van der Waals surface area contributed by atoms with Crippen molar-refractivity contribution in [1.29, 1.82) is 0 Å². The van der Waals surface area contributed by atoms with E-state index in [1.807, 2.05) is 0 Å². The van der Waals surface area contributed by atoms with Gasteiger partial charge in [0.1, 0.15) is 0 Å². The molecule has 1 aliphatic rings. The number of nitrogens with two attached hydrogens (primary N) is 1. The summed E-state index contributed by atoms with van der Waals surface area (Å²) in [5, 5.41) is 0. The first-order valence-electron chi connectivity index (χ1n) is 8.13. The molecule has 102 valence electrons. The Balaban J connectivity index is 2.16. The lowest BCUT2D eigenvalue weighted by molar-refractivity contribution is 0.413. The van der Waals surface area contributed by atoms with Crippen LogP contribution in [0.3, 0.4) is 0 Å². The van der Waals surface area contributed by atoms with Gasteiger partial charge in [-0.1, -0.05) is 77.0 Å². The second kappa shape index (κ2) is 11.1. The fourth-order valence-electron chi connectivity index (χ4n) is 3.01. The summed E-state index contributed by atoms with van der Waals surface area (Å²) in [6.45, 7) is 0.917. The van der Waals surface area contributed by atoms with Gasteiger partial charge >= 0.3 is 0 Å². The van der Waals surface area contributed by atoms with E-state index in [0.29, 0.717) is 0 Å². The molecule has 17 heavy (non-hydrogen) atoms. The molecule has 0 amide bonds. The molecule has 1 rings (SSSR count). The molecule has 2 N–H and O–H groups in total. The molecule has 0 spiro atoms. The largest absolute Gasteiger partial charge is 0.330 e. The molecule has 1 fully saturated rings. The van der Waals surface area contributed by atoms with Gasteiger partial charge in [0.05, 0.1) is 0 Å². The Kier molecular flexibility index (Phi) is 9.78. The monoisotopic (exact) mass is 239 g/mol. The summed E-state index contributed by atoms with van der Waals surface area (Å²) in [6.07, 6.45) is 20.2. The quantitative estimate of drug-likeness (QED) is 0.682.